The third-order valence-electron chi connectivity index (χ3n) is 4.65. The number of amidine groups is 1. The van der Waals surface area contributed by atoms with E-state index in [9.17, 15) is 14.4 Å². The summed E-state index contributed by atoms with van der Waals surface area (Å²) in [6.45, 7) is 3.70. The van der Waals surface area contributed by atoms with Crippen LogP contribution in [0.15, 0.2) is 59.6 Å². The average molecular weight is 425 g/mol. The van der Waals surface area contributed by atoms with E-state index in [-0.39, 0.29) is 12.6 Å². The summed E-state index contributed by atoms with van der Waals surface area (Å²) < 4.78 is 5.05. The molecule has 2 atom stereocenters. The van der Waals surface area contributed by atoms with Gasteiger partial charge in [0.1, 0.15) is 0 Å². The molecule has 2 amide bonds. The van der Waals surface area contributed by atoms with Crippen LogP contribution in [0, 0.1) is 5.92 Å². The van der Waals surface area contributed by atoms with Crippen LogP contribution in [0.2, 0.25) is 0 Å². The highest BCUT2D eigenvalue weighted by molar-refractivity contribution is 6.38. The normalized spacial score (nSPS) is 13.2. The molecule has 0 aliphatic heterocycles. The van der Waals surface area contributed by atoms with Gasteiger partial charge >= 0.3 is 12.1 Å². The summed E-state index contributed by atoms with van der Waals surface area (Å²) >= 11 is 0. The molecule has 0 heterocycles. The molecule has 0 aromatic heterocycles. The Labute approximate surface area is 181 Å². The number of amides is 2. The molecule has 0 saturated carbocycles. The second-order valence-electron chi connectivity index (χ2n) is 7.11. The largest absolute Gasteiger partial charge is 0.466 e. The maximum absolute atomic E-state index is 12.2. The van der Waals surface area contributed by atoms with Crippen molar-refractivity contribution < 1.29 is 24.2 Å². The van der Waals surface area contributed by atoms with Crippen LogP contribution in [0.4, 0.5) is 4.79 Å². The van der Waals surface area contributed by atoms with Crippen molar-refractivity contribution in [2.45, 2.75) is 32.7 Å². The van der Waals surface area contributed by atoms with Crippen LogP contribution in [0.3, 0.4) is 0 Å². The number of aliphatic imine (C=N–C) groups is 1. The molecule has 0 fully saturated rings. The molecule has 0 spiro atoms. The molecule has 0 aliphatic rings. The van der Waals surface area contributed by atoms with E-state index in [4.69, 9.17) is 15.6 Å². The number of carboxylic acid groups (broad SMARTS) is 1. The number of benzene rings is 2. The van der Waals surface area contributed by atoms with E-state index in [1.54, 1.807) is 13.8 Å². The Hall–Kier alpha value is -3.68. The van der Waals surface area contributed by atoms with Gasteiger partial charge in [-0.3, -0.25) is 9.59 Å². The number of nitrogens with one attached hydrogen (secondary N) is 1. The maximum atomic E-state index is 12.2. The van der Waals surface area contributed by atoms with Gasteiger partial charge in [0, 0.05) is 6.04 Å². The first-order valence-corrected chi connectivity index (χ1v) is 9.99. The third kappa shape index (κ3) is 7.58. The minimum Gasteiger partial charge on any atom is -0.466 e. The maximum Gasteiger partial charge on any atom is 0.433 e. The SMILES string of the molecule is CCOC(=O)[C@H](C)C[C@@H](Cc1ccc(-c2ccccc2)cc1)NC(=O)/C(N)=N/C(=O)O. The van der Waals surface area contributed by atoms with Crippen LogP contribution in [0.5, 0.6) is 0 Å². The summed E-state index contributed by atoms with van der Waals surface area (Å²) in [7, 11) is 0. The van der Waals surface area contributed by atoms with Crippen molar-refractivity contribution in [2.75, 3.05) is 6.61 Å². The zero-order valence-electron chi connectivity index (χ0n) is 17.6. The lowest BCUT2D eigenvalue weighted by molar-refractivity contribution is -0.148. The van der Waals surface area contributed by atoms with E-state index in [1.807, 2.05) is 54.6 Å². The van der Waals surface area contributed by atoms with Crippen molar-refractivity contribution in [3.63, 3.8) is 0 Å². The molecule has 0 bridgehead atoms. The first kappa shape index (κ1) is 23.6. The van der Waals surface area contributed by atoms with Crippen molar-refractivity contribution in [3.05, 3.63) is 60.2 Å². The Bertz CT molecular complexity index is 926. The van der Waals surface area contributed by atoms with E-state index in [0.717, 1.165) is 16.7 Å². The summed E-state index contributed by atoms with van der Waals surface area (Å²) in [4.78, 5) is 38.0. The second-order valence-corrected chi connectivity index (χ2v) is 7.11. The van der Waals surface area contributed by atoms with E-state index in [2.05, 4.69) is 10.3 Å². The number of hydrogen-bond donors (Lipinski definition) is 3. The highest BCUT2D eigenvalue weighted by Gasteiger charge is 2.23. The van der Waals surface area contributed by atoms with Gasteiger partial charge in [-0.2, -0.15) is 4.99 Å². The van der Waals surface area contributed by atoms with Gasteiger partial charge < -0.3 is 20.9 Å². The molecular formula is C23H27N3O5. The molecule has 8 heteroatoms. The van der Waals surface area contributed by atoms with Crippen LogP contribution < -0.4 is 11.1 Å². The number of esters is 1. The molecule has 2 aromatic rings. The number of rotatable bonds is 8. The second kappa shape index (κ2) is 11.5. The van der Waals surface area contributed by atoms with E-state index < -0.39 is 29.8 Å². The highest BCUT2D eigenvalue weighted by Crippen LogP contribution is 2.21. The molecule has 0 radical (unpaired) electrons. The minimum atomic E-state index is -1.56. The Balaban J connectivity index is 2.16. The van der Waals surface area contributed by atoms with Gasteiger partial charge in [-0.15, -0.1) is 0 Å². The smallest absolute Gasteiger partial charge is 0.433 e. The van der Waals surface area contributed by atoms with Gasteiger partial charge in [0.05, 0.1) is 12.5 Å². The first-order chi connectivity index (χ1) is 14.8. The molecule has 8 nitrogen and oxygen atoms in total. The number of carbonyl (C=O) groups excluding carboxylic acids is 2. The zero-order valence-corrected chi connectivity index (χ0v) is 17.6. The van der Waals surface area contributed by atoms with Crippen LogP contribution in [-0.4, -0.2) is 41.6 Å². The summed E-state index contributed by atoms with van der Waals surface area (Å²) in [5.41, 5.74) is 8.54. The minimum absolute atomic E-state index is 0.263. The zero-order chi connectivity index (χ0) is 22.8. The van der Waals surface area contributed by atoms with Gasteiger partial charge in [-0.25, -0.2) is 4.79 Å². The quantitative estimate of drug-likeness (QED) is 0.338. The Kier molecular flexibility index (Phi) is 8.75. The van der Waals surface area contributed by atoms with Gasteiger partial charge in [-0.05, 0) is 36.5 Å². The Morgan fingerprint density at radius 2 is 1.68 bits per heavy atom. The van der Waals surface area contributed by atoms with Crippen molar-refractivity contribution in [1.82, 2.24) is 5.32 Å². The Morgan fingerprint density at radius 3 is 2.26 bits per heavy atom. The summed E-state index contributed by atoms with van der Waals surface area (Å²) in [6.07, 6.45) is -0.836. The van der Waals surface area contributed by atoms with Crippen molar-refractivity contribution in [1.29, 1.82) is 0 Å². The lowest BCUT2D eigenvalue weighted by Gasteiger charge is -2.22. The van der Waals surface area contributed by atoms with Crippen LogP contribution in [0.1, 0.15) is 25.8 Å². The average Bonchev–Trinajstić information content (AvgIpc) is 2.74. The standard InChI is InChI=1S/C23H27N3O5/c1-3-31-22(28)15(2)13-19(25-21(27)20(24)26-23(29)30)14-16-9-11-18(12-10-16)17-7-5-4-6-8-17/h4-12,15,19H,3,13-14H2,1-2H3,(H2,24,26)(H,25,27)(H,29,30)/t15-,19+/m1/s1. The fourth-order valence-corrected chi connectivity index (χ4v) is 3.16. The third-order valence-corrected chi connectivity index (χ3v) is 4.65. The molecule has 31 heavy (non-hydrogen) atoms. The van der Waals surface area contributed by atoms with Gasteiger partial charge in [0.15, 0.2) is 5.84 Å². The summed E-state index contributed by atoms with van der Waals surface area (Å²) in [5, 5.41) is 11.4. The van der Waals surface area contributed by atoms with Gasteiger partial charge in [0.2, 0.25) is 0 Å². The van der Waals surface area contributed by atoms with Gasteiger partial charge in [-0.1, -0.05) is 61.5 Å². The van der Waals surface area contributed by atoms with Crippen molar-refractivity contribution in [2.24, 2.45) is 16.6 Å². The van der Waals surface area contributed by atoms with Crippen LogP contribution >= 0.6 is 0 Å². The topological polar surface area (TPSA) is 131 Å². The van der Waals surface area contributed by atoms with E-state index in [0.29, 0.717) is 12.8 Å². The lowest BCUT2D eigenvalue weighted by atomic mass is 9.95. The number of nitrogens with two attached hydrogens (primary N) is 1. The van der Waals surface area contributed by atoms with E-state index >= 15 is 0 Å². The molecule has 0 aliphatic carbocycles. The molecular weight excluding hydrogens is 398 g/mol. The number of ether oxygens (including phenoxy) is 1. The molecule has 4 N–H and O–H groups in total. The number of hydrogen-bond acceptors (Lipinski definition) is 4. The van der Waals surface area contributed by atoms with Crippen LogP contribution in [0.25, 0.3) is 11.1 Å². The fourth-order valence-electron chi connectivity index (χ4n) is 3.16. The lowest BCUT2D eigenvalue weighted by Crippen LogP contribution is -2.45. The van der Waals surface area contributed by atoms with Crippen LogP contribution in [-0.2, 0) is 20.7 Å². The van der Waals surface area contributed by atoms with E-state index in [1.165, 1.54) is 0 Å². The molecule has 0 saturated heterocycles. The van der Waals surface area contributed by atoms with Crippen molar-refractivity contribution >= 4 is 23.8 Å². The molecule has 2 rings (SSSR count). The monoisotopic (exact) mass is 425 g/mol. The predicted molar refractivity (Wildman–Crippen MR) is 118 cm³/mol. The Morgan fingerprint density at radius 1 is 1.06 bits per heavy atom. The highest BCUT2D eigenvalue weighted by atomic mass is 16.5. The molecule has 0 unspecified atom stereocenters. The van der Waals surface area contributed by atoms with Crippen molar-refractivity contribution in [3.8, 4) is 11.1 Å². The summed E-state index contributed by atoms with van der Waals surface area (Å²) in [6, 6.07) is 17.3. The summed E-state index contributed by atoms with van der Waals surface area (Å²) in [5.74, 6) is -2.29. The fraction of sp³-hybridized carbons (Fsp3) is 0.304. The molecule has 164 valence electrons. The first-order valence-electron chi connectivity index (χ1n) is 9.99. The van der Waals surface area contributed by atoms with Gasteiger partial charge in [0.25, 0.3) is 5.91 Å². The predicted octanol–water partition coefficient (Wildman–Crippen LogP) is 3.01. The number of nitrogens with zero attached hydrogens (tertiary/aromatic N) is 1. The molecule has 2 aromatic carbocycles. The number of carbonyl (C=O) groups is 3.